The first-order valence-corrected chi connectivity index (χ1v) is 9.62. The van der Waals surface area contributed by atoms with Crippen molar-refractivity contribution in [2.45, 2.75) is 38.8 Å². The second-order valence-corrected chi connectivity index (χ2v) is 7.29. The van der Waals surface area contributed by atoms with Gasteiger partial charge in [0.1, 0.15) is 0 Å². The van der Waals surface area contributed by atoms with Crippen LogP contribution in [0, 0.1) is 0 Å². The summed E-state index contributed by atoms with van der Waals surface area (Å²) in [5.74, 6) is 0. The average Bonchev–Trinajstić information content (AvgIpc) is 2.63. The molecule has 0 fully saturated rings. The Labute approximate surface area is 148 Å². The maximum atomic E-state index is 12.5. The van der Waals surface area contributed by atoms with Crippen LogP contribution in [0.2, 0.25) is 0 Å². The fraction of sp³-hybridized carbons (Fsp3) is 0.333. The molecule has 0 N–H and O–H groups in total. The van der Waals surface area contributed by atoms with Crippen LogP contribution in [0.4, 0.5) is 0 Å². The molecule has 0 aliphatic heterocycles. The molecule has 0 aliphatic rings. The Morgan fingerprint density at radius 1 is 1.04 bits per heavy atom. The third kappa shape index (κ3) is 5.60. The van der Waals surface area contributed by atoms with Gasteiger partial charge < -0.3 is 0 Å². The van der Waals surface area contributed by atoms with Crippen LogP contribution in [0.3, 0.4) is 0 Å². The molecule has 0 heterocycles. The van der Waals surface area contributed by atoms with Crippen molar-refractivity contribution in [3.63, 3.8) is 0 Å². The van der Waals surface area contributed by atoms with Crippen molar-refractivity contribution >= 4 is 10.2 Å². The van der Waals surface area contributed by atoms with Crippen molar-refractivity contribution in [3.05, 3.63) is 82.2 Å². The smallest absolute Gasteiger partial charge is 0.204 e. The summed E-state index contributed by atoms with van der Waals surface area (Å²) in [5, 5.41) is 0. The Hall–Kier alpha value is -2.34. The number of aryl methyl sites for hydroxylation is 1. The van der Waals surface area contributed by atoms with Gasteiger partial charge in [-0.1, -0.05) is 67.6 Å². The number of benzene rings is 2. The Bertz CT molecular complexity index is 803. The number of azide groups is 1. The van der Waals surface area contributed by atoms with Gasteiger partial charge in [0.15, 0.2) is 0 Å². The maximum absolute atomic E-state index is 12.5. The summed E-state index contributed by atoms with van der Waals surface area (Å²) in [6.45, 7) is 2.13. The zero-order chi connectivity index (χ0) is 18.1. The molecule has 0 bridgehead atoms. The van der Waals surface area contributed by atoms with Crippen molar-refractivity contribution in [1.82, 2.24) is 4.31 Å². The largest absolute Gasteiger partial charge is 0.303 e. The molecule has 2 aromatic carbocycles. The molecule has 0 radical (unpaired) electrons. The highest BCUT2D eigenvalue weighted by molar-refractivity contribution is 7.87. The Morgan fingerprint density at radius 3 is 2.12 bits per heavy atom. The van der Waals surface area contributed by atoms with E-state index >= 15 is 0 Å². The van der Waals surface area contributed by atoms with Gasteiger partial charge in [0.25, 0.3) is 0 Å². The lowest BCUT2D eigenvalue weighted by Gasteiger charge is -2.28. The first-order chi connectivity index (χ1) is 12.1. The van der Waals surface area contributed by atoms with E-state index in [0.29, 0.717) is 12.8 Å². The summed E-state index contributed by atoms with van der Waals surface area (Å²) in [5.41, 5.74) is 10.6. The van der Waals surface area contributed by atoms with E-state index in [1.165, 1.54) is 4.31 Å². The van der Waals surface area contributed by atoms with Crippen LogP contribution in [0.1, 0.15) is 30.9 Å². The molecule has 7 heteroatoms. The molecule has 0 aromatic heterocycles. The summed E-state index contributed by atoms with van der Waals surface area (Å²) in [4.78, 5) is 2.50. The lowest BCUT2D eigenvalue weighted by Crippen LogP contribution is -2.38. The lowest BCUT2D eigenvalue weighted by molar-refractivity contribution is 0.290. The minimum Gasteiger partial charge on any atom is -0.204 e. The van der Waals surface area contributed by atoms with Crippen LogP contribution in [0.15, 0.2) is 65.2 Å². The third-order valence-electron chi connectivity index (χ3n) is 4.10. The van der Waals surface area contributed by atoms with Gasteiger partial charge in [-0.05, 0) is 35.9 Å². The van der Waals surface area contributed by atoms with Crippen LogP contribution in [-0.2, 0) is 23.2 Å². The van der Waals surface area contributed by atoms with E-state index in [1.54, 1.807) is 0 Å². The highest BCUT2D eigenvalue weighted by Gasteiger charge is 2.28. The molecule has 132 valence electrons. The molecule has 0 unspecified atom stereocenters. The number of rotatable bonds is 9. The molecular weight excluding hydrogens is 336 g/mol. The van der Waals surface area contributed by atoms with Crippen molar-refractivity contribution in [2.24, 2.45) is 4.52 Å². The minimum atomic E-state index is -4.04. The molecule has 2 aromatic rings. The Kier molecular flexibility index (Phi) is 7.01. The summed E-state index contributed by atoms with van der Waals surface area (Å²) in [7, 11) is -4.04. The van der Waals surface area contributed by atoms with Gasteiger partial charge in [-0.15, -0.1) is 0 Å². The second kappa shape index (κ2) is 9.22. The molecule has 0 amide bonds. The second-order valence-electron chi connectivity index (χ2n) is 5.77. The van der Waals surface area contributed by atoms with E-state index in [9.17, 15) is 8.42 Å². The zero-order valence-corrected chi connectivity index (χ0v) is 15.0. The van der Waals surface area contributed by atoms with Gasteiger partial charge in [0.2, 0.25) is 0 Å². The maximum Gasteiger partial charge on any atom is 0.303 e. The zero-order valence-electron chi connectivity index (χ0n) is 14.2. The van der Waals surface area contributed by atoms with E-state index in [-0.39, 0.29) is 12.6 Å². The van der Waals surface area contributed by atoms with Crippen molar-refractivity contribution in [2.75, 3.05) is 0 Å². The number of hydrogen-bond donors (Lipinski definition) is 0. The quantitative estimate of drug-likeness (QED) is 0.376. The van der Waals surface area contributed by atoms with Gasteiger partial charge in [0, 0.05) is 22.0 Å². The predicted molar refractivity (Wildman–Crippen MR) is 98.9 cm³/mol. The average molecular weight is 358 g/mol. The molecule has 0 spiro atoms. The van der Waals surface area contributed by atoms with Crippen LogP contribution in [-0.4, -0.2) is 18.8 Å². The molecule has 25 heavy (non-hydrogen) atoms. The highest BCUT2D eigenvalue weighted by atomic mass is 32.2. The molecular formula is C18H22N4O2S. The number of hydrogen-bond acceptors (Lipinski definition) is 2. The molecule has 0 aliphatic carbocycles. The fourth-order valence-electron chi connectivity index (χ4n) is 2.79. The summed E-state index contributed by atoms with van der Waals surface area (Å²) < 4.78 is 29.3. The van der Waals surface area contributed by atoms with Gasteiger partial charge in [0.05, 0.1) is 0 Å². The van der Waals surface area contributed by atoms with Crippen LogP contribution < -0.4 is 0 Å². The minimum absolute atomic E-state index is 0.190. The molecule has 6 nitrogen and oxygen atoms in total. The monoisotopic (exact) mass is 358 g/mol. The number of nitrogens with zero attached hydrogens (tertiary/aromatic N) is 4. The fourth-order valence-corrected chi connectivity index (χ4v) is 3.91. The Balaban J connectivity index is 2.23. The third-order valence-corrected chi connectivity index (χ3v) is 5.40. The normalized spacial score (nSPS) is 12.6. The standard InChI is InChI=1S/C18H22N4O2S/c1-2-18(14-13-16-9-5-3-6-10-16)22(25(23,24)21-20-19)15-17-11-7-4-8-12-17/h3-12,18H,2,13-15H2,1H3/t18-/m0/s1. The molecule has 0 saturated heterocycles. The topological polar surface area (TPSA) is 86.1 Å². The van der Waals surface area contributed by atoms with E-state index < -0.39 is 10.2 Å². The molecule has 1 atom stereocenters. The van der Waals surface area contributed by atoms with E-state index in [2.05, 4.69) is 9.43 Å². The van der Waals surface area contributed by atoms with Gasteiger partial charge in [-0.3, -0.25) is 0 Å². The van der Waals surface area contributed by atoms with E-state index in [4.69, 9.17) is 5.53 Å². The van der Waals surface area contributed by atoms with Crippen molar-refractivity contribution < 1.29 is 8.42 Å². The van der Waals surface area contributed by atoms with Crippen molar-refractivity contribution in [1.29, 1.82) is 0 Å². The molecule has 2 rings (SSSR count). The first-order valence-electron chi connectivity index (χ1n) is 8.22. The SMILES string of the molecule is CC[C@@H](CCc1ccccc1)N(Cc1ccccc1)S(=O)(=O)N=[N+]=[N-]. The van der Waals surface area contributed by atoms with Gasteiger partial charge >= 0.3 is 10.2 Å². The Morgan fingerprint density at radius 2 is 1.60 bits per heavy atom. The van der Waals surface area contributed by atoms with Crippen LogP contribution in [0.25, 0.3) is 10.4 Å². The van der Waals surface area contributed by atoms with Crippen molar-refractivity contribution in [3.8, 4) is 0 Å². The summed E-state index contributed by atoms with van der Waals surface area (Å²) >= 11 is 0. The first kappa shape index (κ1) is 19.0. The highest BCUT2D eigenvalue weighted by Crippen LogP contribution is 2.21. The van der Waals surface area contributed by atoms with E-state index in [0.717, 1.165) is 17.5 Å². The van der Waals surface area contributed by atoms with Crippen LogP contribution >= 0.6 is 0 Å². The molecule has 0 saturated carbocycles. The van der Waals surface area contributed by atoms with Crippen LogP contribution in [0.5, 0.6) is 0 Å². The predicted octanol–water partition coefficient (Wildman–Crippen LogP) is 4.46. The van der Waals surface area contributed by atoms with Gasteiger partial charge in [-0.25, -0.2) is 8.42 Å². The summed E-state index contributed by atoms with van der Waals surface area (Å²) in [6, 6.07) is 19.0. The van der Waals surface area contributed by atoms with E-state index in [1.807, 2.05) is 67.6 Å². The lowest BCUT2D eigenvalue weighted by atomic mass is 10.0. The summed E-state index contributed by atoms with van der Waals surface area (Å²) in [6.07, 6.45) is 2.06. The van der Waals surface area contributed by atoms with Gasteiger partial charge in [-0.2, -0.15) is 4.31 Å².